The van der Waals surface area contributed by atoms with Crippen molar-refractivity contribution in [2.75, 3.05) is 32.8 Å². The number of carbonyl (C=O) groups is 3. The van der Waals surface area contributed by atoms with Crippen LogP contribution in [0.3, 0.4) is 0 Å². The Morgan fingerprint density at radius 2 is 2.07 bits per heavy atom. The lowest BCUT2D eigenvalue weighted by atomic mass is 10.1. The van der Waals surface area contributed by atoms with Gasteiger partial charge in [0.2, 0.25) is 0 Å². The quantitative estimate of drug-likeness (QED) is 0.706. The molecular weight excluding hydrogens is 352 g/mol. The van der Waals surface area contributed by atoms with Crippen LogP contribution in [-0.4, -0.2) is 82.7 Å². The molecule has 0 aromatic heterocycles. The number of aliphatic hydroxyl groups is 1. The highest BCUT2D eigenvalue weighted by atomic mass is 16.5. The number of imide groups is 1. The Kier molecular flexibility index (Phi) is 5.22. The van der Waals surface area contributed by atoms with Crippen molar-refractivity contribution < 1.29 is 24.2 Å². The van der Waals surface area contributed by atoms with Gasteiger partial charge in [-0.15, -0.1) is 0 Å². The monoisotopic (exact) mass is 376 g/mol. The Hall–Kier alpha value is -2.81. The van der Waals surface area contributed by atoms with E-state index in [1.54, 1.807) is 0 Å². The van der Waals surface area contributed by atoms with Crippen LogP contribution < -0.4 is 10.5 Å². The molecule has 5 amide bonds. The number of hydrogen-bond acceptors (Lipinski definition) is 5. The van der Waals surface area contributed by atoms with Crippen LogP contribution in [0.2, 0.25) is 0 Å². The van der Waals surface area contributed by atoms with Crippen LogP contribution in [0.15, 0.2) is 18.2 Å². The summed E-state index contributed by atoms with van der Waals surface area (Å²) in [4.78, 5) is 40.1. The molecule has 27 heavy (non-hydrogen) atoms. The summed E-state index contributed by atoms with van der Waals surface area (Å²) >= 11 is 0. The number of nitrogens with zero attached hydrogens (tertiary/aromatic N) is 3. The number of fused-ring (bicyclic) bond motifs is 1. The average Bonchev–Trinajstić information content (AvgIpc) is 2.87. The van der Waals surface area contributed by atoms with Crippen molar-refractivity contribution in [3.05, 3.63) is 29.3 Å². The summed E-state index contributed by atoms with van der Waals surface area (Å²) in [6.07, 6.45) is -1.02. The van der Waals surface area contributed by atoms with E-state index >= 15 is 0 Å². The van der Waals surface area contributed by atoms with E-state index in [4.69, 9.17) is 10.5 Å². The molecule has 2 aliphatic rings. The molecule has 0 spiro atoms. The fourth-order valence-electron chi connectivity index (χ4n) is 3.33. The third-order valence-corrected chi connectivity index (χ3v) is 4.89. The summed E-state index contributed by atoms with van der Waals surface area (Å²) in [5, 5.41) is 10.3. The predicted molar refractivity (Wildman–Crippen MR) is 96.2 cm³/mol. The van der Waals surface area contributed by atoms with Gasteiger partial charge in [-0.2, -0.15) is 0 Å². The molecule has 3 rings (SSSR count). The van der Waals surface area contributed by atoms with Gasteiger partial charge in [0.15, 0.2) is 0 Å². The van der Waals surface area contributed by atoms with Crippen LogP contribution in [0.25, 0.3) is 0 Å². The summed E-state index contributed by atoms with van der Waals surface area (Å²) in [5.74, 6) is 0.222. The van der Waals surface area contributed by atoms with Crippen LogP contribution in [0.1, 0.15) is 11.1 Å². The van der Waals surface area contributed by atoms with Gasteiger partial charge in [0, 0.05) is 13.1 Å². The van der Waals surface area contributed by atoms with Crippen LogP contribution in [-0.2, 0) is 4.79 Å². The average molecular weight is 376 g/mol. The highest BCUT2D eigenvalue weighted by Gasteiger charge is 2.48. The lowest BCUT2D eigenvalue weighted by Crippen LogP contribution is -2.55. The summed E-state index contributed by atoms with van der Waals surface area (Å²) in [7, 11) is 0. The summed E-state index contributed by atoms with van der Waals surface area (Å²) in [5.41, 5.74) is 7.23. The third kappa shape index (κ3) is 3.82. The minimum Gasteiger partial charge on any atom is -0.491 e. The predicted octanol–water partition coefficient (Wildman–Crippen LogP) is 0.0702. The number of aryl methyl sites for hydroxylation is 2. The first kappa shape index (κ1) is 19.0. The van der Waals surface area contributed by atoms with Crippen LogP contribution in [0, 0.1) is 13.8 Å². The Morgan fingerprint density at radius 1 is 1.33 bits per heavy atom. The molecule has 1 aromatic carbocycles. The van der Waals surface area contributed by atoms with E-state index in [1.807, 2.05) is 32.0 Å². The lowest BCUT2D eigenvalue weighted by molar-refractivity contribution is -0.130. The van der Waals surface area contributed by atoms with Crippen molar-refractivity contribution in [3.8, 4) is 5.75 Å². The molecule has 1 aromatic rings. The SMILES string of the molecule is Cc1ccc(C)c(OCC(O)CN2C(=O)C3CN(C(N)=O)CCN3C2=O)c1. The molecule has 2 unspecified atom stereocenters. The lowest BCUT2D eigenvalue weighted by Gasteiger charge is -2.34. The summed E-state index contributed by atoms with van der Waals surface area (Å²) in [6, 6.07) is 3.94. The Morgan fingerprint density at radius 3 is 2.78 bits per heavy atom. The van der Waals surface area contributed by atoms with Crippen LogP contribution in [0.4, 0.5) is 9.59 Å². The highest BCUT2D eigenvalue weighted by molar-refractivity contribution is 6.04. The van der Waals surface area contributed by atoms with E-state index in [0.29, 0.717) is 5.75 Å². The number of β-amino-alcohol motifs (C(OH)–C–C–N with tert-alkyl or cyclic N) is 1. The Labute approximate surface area is 157 Å². The second-order valence-corrected chi connectivity index (χ2v) is 6.96. The van der Waals surface area contributed by atoms with Crippen molar-refractivity contribution >= 4 is 18.0 Å². The maximum absolute atomic E-state index is 12.6. The fraction of sp³-hybridized carbons (Fsp3) is 0.500. The number of primary amides is 1. The molecule has 2 atom stereocenters. The van der Waals surface area contributed by atoms with E-state index in [-0.39, 0.29) is 32.8 Å². The van der Waals surface area contributed by atoms with E-state index in [9.17, 15) is 19.5 Å². The molecule has 146 valence electrons. The van der Waals surface area contributed by atoms with E-state index in [0.717, 1.165) is 16.0 Å². The van der Waals surface area contributed by atoms with Gasteiger partial charge >= 0.3 is 12.1 Å². The van der Waals surface area contributed by atoms with Gasteiger partial charge in [0.25, 0.3) is 5.91 Å². The summed E-state index contributed by atoms with van der Waals surface area (Å²) < 4.78 is 5.65. The zero-order valence-electron chi connectivity index (χ0n) is 15.4. The molecular formula is C18H24N4O5. The molecule has 0 saturated carbocycles. The normalized spacial score (nSPS) is 20.7. The van der Waals surface area contributed by atoms with Crippen molar-refractivity contribution in [2.45, 2.75) is 26.0 Å². The molecule has 9 nitrogen and oxygen atoms in total. The van der Waals surface area contributed by atoms with Gasteiger partial charge in [-0.1, -0.05) is 12.1 Å². The van der Waals surface area contributed by atoms with Gasteiger partial charge in [0.05, 0.1) is 13.1 Å². The maximum atomic E-state index is 12.6. The molecule has 2 aliphatic heterocycles. The first-order valence-corrected chi connectivity index (χ1v) is 8.82. The highest BCUT2D eigenvalue weighted by Crippen LogP contribution is 2.23. The second-order valence-electron chi connectivity index (χ2n) is 6.96. The number of ether oxygens (including phenoxy) is 1. The molecule has 9 heteroatoms. The summed E-state index contributed by atoms with van der Waals surface area (Å²) in [6.45, 7) is 4.24. The van der Waals surface area contributed by atoms with Crippen molar-refractivity contribution in [2.24, 2.45) is 5.73 Å². The number of piperazine rings is 1. The third-order valence-electron chi connectivity index (χ3n) is 4.89. The number of hydrogen-bond donors (Lipinski definition) is 2. The fourth-order valence-corrected chi connectivity index (χ4v) is 3.33. The molecule has 0 aliphatic carbocycles. The smallest absolute Gasteiger partial charge is 0.327 e. The van der Waals surface area contributed by atoms with Gasteiger partial charge in [-0.3, -0.25) is 9.69 Å². The molecule has 0 radical (unpaired) electrons. The first-order valence-electron chi connectivity index (χ1n) is 8.82. The minimum atomic E-state index is -1.02. The van der Waals surface area contributed by atoms with E-state index in [2.05, 4.69) is 0 Å². The number of aliphatic hydroxyl groups excluding tert-OH is 1. The standard InChI is InChI=1S/C18H24N4O5/c1-11-3-4-12(2)15(7-11)27-10-13(23)8-22-16(24)14-9-20(17(19)25)5-6-21(14)18(22)26/h3-4,7,13-14,23H,5-6,8-10H2,1-2H3,(H2,19,25). The molecule has 0 bridgehead atoms. The Balaban J connectivity index is 1.60. The Bertz CT molecular complexity index is 768. The first-order chi connectivity index (χ1) is 12.8. The molecule has 2 fully saturated rings. The molecule has 2 saturated heterocycles. The molecule has 3 N–H and O–H groups in total. The zero-order chi connectivity index (χ0) is 19.7. The topological polar surface area (TPSA) is 116 Å². The van der Waals surface area contributed by atoms with E-state index in [1.165, 1.54) is 9.80 Å². The minimum absolute atomic E-state index is 0.0422. The van der Waals surface area contributed by atoms with Crippen molar-refractivity contribution in [1.29, 1.82) is 0 Å². The van der Waals surface area contributed by atoms with Crippen molar-refractivity contribution in [3.63, 3.8) is 0 Å². The number of urea groups is 2. The number of benzene rings is 1. The number of amides is 5. The van der Waals surface area contributed by atoms with Gasteiger partial charge in [0.1, 0.15) is 24.5 Å². The largest absolute Gasteiger partial charge is 0.491 e. The number of rotatable bonds is 5. The van der Waals surface area contributed by atoms with E-state index < -0.39 is 30.1 Å². The zero-order valence-corrected chi connectivity index (χ0v) is 15.4. The van der Waals surface area contributed by atoms with Gasteiger partial charge in [-0.05, 0) is 31.0 Å². The maximum Gasteiger partial charge on any atom is 0.327 e. The van der Waals surface area contributed by atoms with Crippen LogP contribution >= 0.6 is 0 Å². The number of nitrogens with two attached hydrogens (primary N) is 1. The van der Waals surface area contributed by atoms with Gasteiger partial charge < -0.3 is 25.4 Å². The van der Waals surface area contributed by atoms with Gasteiger partial charge in [-0.25, -0.2) is 9.59 Å². The molecule has 2 heterocycles. The number of carbonyl (C=O) groups excluding carboxylic acids is 3. The van der Waals surface area contributed by atoms with Crippen LogP contribution in [0.5, 0.6) is 5.75 Å². The van der Waals surface area contributed by atoms with Crippen molar-refractivity contribution in [1.82, 2.24) is 14.7 Å². The second kappa shape index (κ2) is 7.43.